The van der Waals surface area contributed by atoms with E-state index in [2.05, 4.69) is 24.1 Å². The minimum atomic E-state index is -0.0897. The summed E-state index contributed by atoms with van der Waals surface area (Å²) >= 11 is 0. The number of hydrogen-bond donors (Lipinski definition) is 1. The van der Waals surface area contributed by atoms with Crippen LogP contribution in [0.5, 0.6) is 0 Å². The van der Waals surface area contributed by atoms with Crippen LogP contribution in [0.4, 0.5) is 11.4 Å². The largest absolute Gasteiger partial charge is 0.372 e. The topological polar surface area (TPSA) is 37.3 Å². The van der Waals surface area contributed by atoms with Crippen LogP contribution in [0.2, 0.25) is 0 Å². The van der Waals surface area contributed by atoms with Gasteiger partial charge in [-0.15, -0.1) is 0 Å². The average Bonchev–Trinajstić information content (AvgIpc) is 2.88. The Morgan fingerprint density at radius 2 is 1.80 bits per heavy atom. The molecule has 0 atom stereocenters. The van der Waals surface area contributed by atoms with E-state index >= 15 is 0 Å². The summed E-state index contributed by atoms with van der Waals surface area (Å²) in [4.78, 5) is 14.4. The minimum absolute atomic E-state index is 0.0897. The van der Waals surface area contributed by atoms with Crippen molar-refractivity contribution < 1.29 is 4.79 Å². The number of anilines is 2. The lowest BCUT2D eigenvalue weighted by Crippen LogP contribution is -2.21. The number of benzene rings is 1. The van der Waals surface area contributed by atoms with E-state index in [1.165, 1.54) is 5.69 Å². The molecule has 0 fully saturated rings. The number of hydrogen-bond acceptors (Lipinski definition) is 2. The molecule has 2 aromatic rings. The molecule has 0 radical (unpaired) electrons. The van der Waals surface area contributed by atoms with Crippen LogP contribution in [0.1, 0.15) is 24.3 Å². The molecule has 4 heteroatoms. The van der Waals surface area contributed by atoms with E-state index in [9.17, 15) is 4.79 Å². The first-order valence-electron chi connectivity index (χ1n) is 6.93. The molecule has 1 aromatic heterocycles. The van der Waals surface area contributed by atoms with Crippen LogP contribution in [0.3, 0.4) is 0 Å². The van der Waals surface area contributed by atoms with Gasteiger partial charge in [0.05, 0.1) is 0 Å². The molecule has 1 aromatic carbocycles. The molecule has 0 aliphatic heterocycles. The molecular formula is C16H21N3O. The van der Waals surface area contributed by atoms with Crippen molar-refractivity contribution in [2.75, 3.05) is 23.3 Å². The van der Waals surface area contributed by atoms with Gasteiger partial charge < -0.3 is 14.8 Å². The maximum atomic E-state index is 12.1. The van der Waals surface area contributed by atoms with Crippen molar-refractivity contribution in [3.8, 4) is 0 Å². The molecule has 2 rings (SSSR count). The van der Waals surface area contributed by atoms with Crippen LogP contribution < -0.4 is 10.2 Å². The molecule has 4 nitrogen and oxygen atoms in total. The molecule has 0 spiro atoms. The molecule has 106 valence electrons. The highest BCUT2D eigenvalue weighted by molar-refractivity contribution is 6.03. The fourth-order valence-electron chi connectivity index (χ4n) is 2.24. The second-order valence-electron chi connectivity index (χ2n) is 4.68. The van der Waals surface area contributed by atoms with Gasteiger partial charge in [0.2, 0.25) is 0 Å². The van der Waals surface area contributed by atoms with E-state index in [4.69, 9.17) is 0 Å². The van der Waals surface area contributed by atoms with Crippen molar-refractivity contribution in [1.29, 1.82) is 0 Å². The molecule has 0 saturated heterocycles. The van der Waals surface area contributed by atoms with Crippen molar-refractivity contribution in [3.63, 3.8) is 0 Å². The maximum Gasteiger partial charge on any atom is 0.272 e. The van der Waals surface area contributed by atoms with Crippen molar-refractivity contribution in [1.82, 2.24) is 4.57 Å². The average molecular weight is 271 g/mol. The van der Waals surface area contributed by atoms with Gasteiger partial charge in [-0.05, 0) is 50.2 Å². The number of amides is 1. The number of aromatic nitrogens is 1. The molecule has 1 amide bonds. The van der Waals surface area contributed by atoms with Crippen LogP contribution in [0, 0.1) is 0 Å². The molecule has 0 aliphatic rings. The summed E-state index contributed by atoms with van der Waals surface area (Å²) in [5.41, 5.74) is 2.64. The summed E-state index contributed by atoms with van der Waals surface area (Å²) in [5, 5.41) is 2.91. The Kier molecular flexibility index (Phi) is 4.45. The van der Waals surface area contributed by atoms with E-state index in [0.29, 0.717) is 5.69 Å². The van der Waals surface area contributed by atoms with Gasteiger partial charge in [0.25, 0.3) is 5.91 Å². The highest BCUT2D eigenvalue weighted by Gasteiger charge is 2.09. The number of carbonyl (C=O) groups excluding carboxylic acids is 1. The van der Waals surface area contributed by atoms with E-state index < -0.39 is 0 Å². The third kappa shape index (κ3) is 3.02. The number of aryl methyl sites for hydroxylation is 1. The van der Waals surface area contributed by atoms with Crippen LogP contribution in [-0.4, -0.2) is 23.6 Å². The lowest BCUT2D eigenvalue weighted by atomic mass is 10.2. The Morgan fingerprint density at radius 3 is 2.30 bits per heavy atom. The zero-order chi connectivity index (χ0) is 14.5. The first-order valence-corrected chi connectivity index (χ1v) is 6.93. The fraction of sp³-hybridized carbons (Fsp3) is 0.312. The number of rotatable bonds is 5. The summed E-state index contributed by atoms with van der Waals surface area (Å²) in [6.07, 6.45) is 1.86. The Labute approximate surface area is 120 Å². The van der Waals surface area contributed by atoms with E-state index in [-0.39, 0.29) is 5.91 Å². The van der Waals surface area contributed by atoms with E-state index in [1.807, 2.05) is 43.6 Å². The van der Waals surface area contributed by atoms with Gasteiger partial charge in [0, 0.05) is 37.7 Å². The lowest BCUT2D eigenvalue weighted by molar-refractivity contribution is 0.101. The third-order valence-corrected chi connectivity index (χ3v) is 3.43. The SMILES string of the molecule is CCN(CC)c1ccc(NC(=O)c2cccn2C)cc1. The summed E-state index contributed by atoms with van der Waals surface area (Å²) in [5.74, 6) is -0.0897. The van der Waals surface area contributed by atoms with Crippen LogP contribution in [-0.2, 0) is 7.05 Å². The first-order chi connectivity index (χ1) is 9.65. The standard InChI is InChI=1S/C16H21N3O/c1-4-19(5-2)14-10-8-13(9-11-14)17-16(20)15-7-6-12-18(15)3/h6-12H,4-5H2,1-3H3,(H,17,20). The smallest absolute Gasteiger partial charge is 0.272 e. The maximum absolute atomic E-state index is 12.1. The molecule has 20 heavy (non-hydrogen) atoms. The monoisotopic (exact) mass is 271 g/mol. The molecule has 1 heterocycles. The zero-order valence-electron chi connectivity index (χ0n) is 12.3. The van der Waals surface area contributed by atoms with Crippen LogP contribution >= 0.6 is 0 Å². The van der Waals surface area contributed by atoms with Crippen molar-refractivity contribution in [2.45, 2.75) is 13.8 Å². The molecule has 0 aliphatic carbocycles. The Morgan fingerprint density at radius 1 is 1.15 bits per heavy atom. The van der Waals surface area contributed by atoms with Crippen molar-refractivity contribution >= 4 is 17.3 Å². The second-order valence-corrected chi connectivity index (χ2v) is 4.68. The summed E-state index contributed by atoms with van der Waals surface area (Å²) in [7, 11) is 1.86. The van der Waals surface area contributed by atoms with Gasteiger partial charge in [-0.3, -0.25) is 4.79 Å². The number of nitrogens with zero attached hydrogens (tertiary/aromatic N) is 2. The first kappa shape index (κ1) is 14.2. The molecule has 1 N–H and O–H groups in total. The van der Waals surface area contributed by atoms with Gasteiger partial charge in [-0.25, -0.2) is 0 Å². The lowest BCUT2D eigenvalue weighted by Gasteiger charge is -2.21. The Hall–Kier alpha value is -2.23. The molecule has 0 saturated carbocycles. The highest BCUT2D eigenvalue weighted by Crippen LogP contribution is 2.18. The molecular weight excluding hydrogens is 250 g/mol. The van der Waals surface area contributed by atoms with E-state index in [1.54, 1.807) is 10.6 Å². The van der Waals surface area contributed by atoms with E-state index in [0.717, 1.165) is 18.8 Å². The van der Waals surface area contributed by atoms with Crippen LogP contribution in [0.25, 0.3) is 0 Å². The predicted molar refractivity (Wildman–Crippen MR) is 83.4 cm³/mol. The Balaban J connectivity index is 2.08. The minimum Gasteiger partial charge on any atom is -0.372 e. The zero-order valence-corrected chi connectivity index (χ0v) is 12.3. The summed E-state index contributed by atoms with van der Waals surface area (Å²) in [6, 6.07) is 11.6. The third-order valence-electron chi connectivity index (χ3n) is 3.43. The van der Waals surface area contributed by atoms with Crippen molar-refractivity contribution in [2.24, 2.45) is 7.05 Å². The quantitative estimate of drug-likeness (QED) is 0.907. The van der Waals surface area contributed by atoms with Gasteiger partial charge in [0.15, 0.2) is 0 Å². The number of carbonyl (C=O) groups is 1. The molecule has 0 unspecified atom stereocenters. The highest BCUT2D eigenvalue weighted by atomic mass is 16.1. The fourth-order valence-corrected chi connectivity index (χ4v) is 2.24. The van der Waals surface area contributed by atoms with Crippen molar-refractivity contribution in [3.05, 3.63) is 48.3 Å². The number of nitrogens with one attached hydrogen (secondary N) is 1. The second kappa shape index (κ2) is 6.28. The summed E-state index contributed by atoms with van der Waals surface area (Å²) < 4.78 is 1.81. The van der Waals surface area contributed by atoms with Gasteiger partial charge in [-0.1, -0.05) is 0 Å². The normalized spacial score (nSPS) is 10.3. The van der Waals surface area contributed by atoms with Gasteiger partial charge >= 0.3 is 0 Å². The Bertz CT molecular complexity index is 568. The summed E-state index contributed by atoms with van der Waals surface area (Å²) in [6.45, 7) is 6.22. The van der Waals surface area contributed by atoms with Gasteiger partial charge in [0.1, 0.15) is 5.69 Å². The van der Waals surface area contributed by atoms with Crippen LogP contribution in [0.15, 0.2) is 42.6 Å². The molecule has 0 bridgehead atoms. The predicted octanol–water partition coefficient (Wildman–Crippen LogP) is 3.12. The van der Waals surface area contributed by atoms with Gasteiger partial charge in [-0.2, -0.15) is 0 Å².